The van der Waals surface area contributed by atoms with Crippen LogP contribution in [0.2, 0.25) is 4.34 Å². The fourth-order valence-corrected chi connectivity index (χ4v) is 3.19. The first-order chi connectivity index (χ1) is 12.5. The average Bonchev–Trinajstić information content (AvgIpc) is 3.32. The fourth-order valence-electron chi connectivity index (χ4n) is 2.20. The first-order valence-electron chi connectivity index (χ1n) is 7.38. The van der Waals surface area contributed by atoms with Gasteiger partial charge < -0.3 is 24.6 Å². The summed E-state index contributed by atoms with van der Waals surface area (Å²) in [6.07, 6.45) is 1.31. The second kappa shape index (κ2) is 7.68. The predicted octanol–water partition coefficient (Wildman–Crippen LogP) is 1.72. The zero-order chi connectivity index (χ0) is 18.7. The van der Waals surface area contributed by atoms with Crippen molar-refractivity contribution in [2.45, 2.75) is 6.54 Å². The molecule has 3 N–H and O–H groups in total. The van der Waals surface area contributed by atoms with Gasteiger partial charge in [-0.2, -0.15) is 0 Å². The number of carbonyl (C=O) groups excluding carboxylic acids is 1. The van der Waals surface area contributed by atoms with Gasteiger partial charge in [-0.15, -0.1) is 11.3 Å². The Hall–Kier alpha value is -2.69. The molecule has 136 valence electrons. The van der Waals surface area contributed by atoms with E-state index in [0.29, 0.717) is 15.8 Å². The Kier molecular flexibility index (Phi) is 5.35. The van der Waals surface area contributed by atoms with Gasteiger partial charge in [0.15, 0.2) is 5.76 Å². The highest BCUT2D eigenvalue weighted by Gasteiger charge is 2.20. The number of nitrogens with one attached hydrogen (secondary N) is 1. The molecule has 0 spiro atoms. The smallest absolute Gasteiger partial charge is 0.372 e. The SMILES string of the molecule is O=C(NCCO)c1cn(Cc2cc(-c3ccc(Cl)s3)on2)c(C(=O)O)n1. The Morgan fingerprint density at radius 2 is 2.19 bits per heavy atom. The van der Waals surface area contributed by atoms with Gasteiger partial charge in [0, 0.05) is 18.8 Å². The van der Waals surface area contributed by atoms with Gasteiger partial charge >= 0.3 is 5.97 Å². The van der Waals surface area contributed by atoms with Crippen LogP contribution in [0.25, 0.3) is 10.6 Å². The van der Waals surface area contributed by atoms with Gasteiger partial charge in [-0.25, -0.2) is 9.78 Å². The molecule has 0 bridgehead atoms. The number of aliphatic hydroxyl groups is 1. The summed E-state index contributed by atoms with van der Waals surface area (Å²) in [7, 11) is 0. The maximum absolute atomic E-state index is 11.9. The summed E-state index contributed by atoms with van der Waals surface area (Å²) in [6, 6.07) is 5.19. The Morgan fingerprint density at radius 1 is 1.38 bits per heavy atom. The van der Waals surface area contributed by atoms with E-state index in [0.717, 1.165) is 4.88 Å². The minimum Gasteiger partial charge on any atom is -0.475 e. The molecule has 3 aromatic rings. The van der Waals surface area contributed by atoms with Gasteiger partial charge in [0.2, 0.25) is 5.82 Å². The molecule has 3 aromatic heterocycles. The van der Waals surface area contributed by atoms with Crippen molar-refractivity contribution < 1.29 is 24.3 Å². The van der Waals surface area contributed by atoms with Gasteiger partial charge in [0.25, 0.3) is 5.91 Å². The Labute approximate surface area is 155 Å². The number of rotatable bonds is 7. The molecule has 3 rings (SSSR count). The average molecular weight is 397 g/mol. The molecule has 0 atom stereocenters. The maximum atomic E-state index is 11.9. The summed E-state index contributed by atoms with van der Waals surface area (Å²) >= 11 is 7.23. The number of carbonyl (C=O) groups is 2. The van der Waals surface area contributed by atoms with Gasteiger partial charge in [-0.1, -0.05) is 16.8 Å². The van der Waals surface area contributed by atoms with E-state index < -0.39 is 11.9 Å². The first-order valence-corrected chi connectivity index (χ1v) is 8.58. The second-order valence-corrected chi connectivity index (χ2v) is 6.86. The van der Waals surface area contributed by atoms with Crippen LogP contribution in [0.15, 0.2) is 28.9 Å². The van der Waals surface area contributed by atoms with Crippen LogP contribution in [-0.4, -0.2) is 49.9 Å². The number of hydrogen-bond donors (Lipinski definition) is 3. The largest absolute Gasteiger partial charge is 0.475 e. The number of carboxylic acid groups (broad SMARTS) is 1. The zero-order valence-electron chi connectivity index (χ0n) is 13.2. The van der Waals surface area contributed by atoms with Crippen molar-refractivity contribution in [2.24, 2.45) is 0 Å². The normalized spacial score (nSPS) is 10.8. The molecule has 0 saturated heterocycles. The van der Waals surface area contributed by atoms with E-state index >= 15 is 0 Å². The van der Waals surface area contributed by atoms with E-state index in [1.54, 1.807) is 18.2 Å². The van der Waals surface area contributed by atoms with Crippen LogP contribution in [0, 0.1) is 0 Å². The Morgan fingerprint density at radius 3 is 2.85 bits per heavy atom. The zero-order valence-corrected chi connectivity index (χ0v) is 14.8. The number of halogens is 1. The minimum atomic E-state index is -1.28. The lowest BCUT2D eigenvalue weighted by Crippen LogP contribution is -2.26. The molecular formula is C15H13ClN4O5S. The van der Waals surface area contributed by atoms with Crippen molar-refractivity contribution in [3.8, 4) is 10.6 Å². The lowest BCUT2D eigenvalue weighted by Gasteiger charge is -2.00. The fraction of sp³-hybridized carbons (Fsp3) is 0.200. The number of thiophene rings is 1. The van der Waals surface area contributed by atoms with Crippen LogP contribution < -0.4 is 5.32 Å². The van der Waals surface area contributed by atoms with Crippen LogP contribution in [0.5, 0.6) is 0 Å². The molecule has 0 aromatic carbocycles. The summed E-state index contributed by atoms with van der Waals surface area (Å²) in [6.45, 7) is -0.124. The van der Waals surface area contributed by atoms with Crippen molar-refractivity contribution in [3.63, 3.8) is 0 Å². The number of aliphatic hydroxyl groups excluding tert-OH is 1. The van der Waals surface area contributed by atoms with E-state index in [9.17, 15) is 14.7 Å². The predicted molar refractivity (Wildman–Crippen MR) is 92.5 cm³/mol. The topological polar surface area (TPSA) is 130 Å². The highest BCUT2D eigenvalue weighted by atomic mass is 35.5. The van der Waals surface area contributed by atoms with Gasteiger partial charge in [-0.05, 0) is 12.1 Å². The Bertz CT molecular complexity index is 948. The molecule has 3 heterocycles. The highest BCUT2D eigenvalue weighted by Crippen LogP contribution is 2.31. The molecule has 0 saturated carbocycles. The number of imidazole rings is 1. The van der Waals surface area contributed by atoms with E-state index in [1.165, 1.54) is 22.1 Å². The van der Waals surface area contributed by atoms with E-state index in [2.05, 4.69) is 15.5 Å². The third kappa shape index (κ3) is 3.93. The lowest BCUT2D eigenvalue weighted by molar-refractivity contribution is 0.0678. The number of carboxylic acids is 1. The van der Waals surface area contributed by atoms with E-state index in [4.69, 9.17) is 21.2 Å². The number of hydrogen-bond acceptors (Lipinski definition) is 7. The third-order valence-electron chi connectivity index (χ3n) is 3.31. The highest BCUT2D eigenvalue weighted by molar-refractivity contribution is 7.19. The van der Waals surface area contributed by atoms with Crippen LogP contribution in [-0.2, 0) is 6.54 Å². The van der Waals surface area contributed by atoms with Gasteiger partial charge in [0.1, 0.15) is 11.4 Å². The molecule has 9 nitrogen and oxygen atoms in total. The molecular weight excluding hydrogens is 384 g/mol. The van der Waals surface area contributed by atoms with Crippen molar-refractivity contribution in [2.75, 3.05) is 13.2 Å². The Balaban J connectivity index is 1.82. The van der Waals surface area contributed by atoms with Crippen LogP contribution in [0.4, 0.5) is 0 Å². The molecule has 11 heteroatoms. The number of amides is 1. The minimum absolute atomic E-state index is 0.0458. The van der Waals surface area contributed by atoms with Crippen LogP contribution in [0.3, 0.4) is 0 Å². The van der Waals surface area contributed by atoms with Crippen LogP contribution >= 0.6 is 22.9 Å². The van der Waals surface area contributed by atoms with Crippen molar-refractivity contribution in [1.82, 2.24) is 20.0 Å². The molecule has 0 aliphatic heterocycles. The summed E-state index contributed by atoms with van der Waals surface area (Å²) in [5, 5.41) is 24.4. The maximum Gasteiger partial charge on any atom is 0.372 e. The van der Waals surface area contributed by atoms with Crippen molar-refractivity contribution in [3.05, 3.63) is 45.9 Å². The van der Waals surface area contributed by atoms with Crippen molar-refractivity contribution in [1.29, 1.82) is 0 Å². The first kappa shape index (κ1) is 18.1. The monoisotopic (exact) mass is 396 g/mol. The quantitative estimate of drug-likeness (QED) is 0.554. The second-order valence-electron chi connectivity index (χ2n) is 5.15. The molecule has 0 fully saturated rings. The van der Waals surface area contributed by atoms with E-state index in [1.807, 2.05) is 0 Å². The standard InChI is InChI=1S/C15H13ClN4O5S/c16-12-2-1-11(26-12)10-5-8(19-25-10)6-20-7-9(14(22)17-3-4-21)18-13(20)15(23)24/h1-2,5,7,21H,3-4,6H2,(H,17,22)(H,23,24). The van der Waals surface area contributed by atoms with Crippen molar-refractivity contribution >= 4 is 34.8 Å². The number of aromatic nitrogens is 3. The number of aromatic carboxylic acids is 1. The molecule has 0 unspecified atom stereocenters. The van der Waals surface area contributed by atoms with Gasteiger partial charge in [0.05, 0.1) is 22.4 Å². The van der Waals surface area contributed by atoms with E-state index in [-0.39, 0.29) is 31.2 Å². The lowest BCUT2D eigenvalue weighted by atomic mass is 10.3. The summed E-state index contributed by atoms with van der Waals surface area (Å²) in [4.78, 5) is 27.9. The number of nitrogens with zero attached hydrogens (tertiary/aromatic N) is 3. The van der Waals surface area contributed by atoms with Gasteiger partial charge in [-0.3, -0.25) is 4.79 Å². The molecule has 1 amide bonds. The summed E-state index contributed by atoms with van der Waals surface area (Å²) < 4.78 is 7.16. The summed E-state index contributed by atoms with van der Waals surface area (Å²) in [5.74, 6) is -1.65. The molecule has 0 radical (unpaired) electrons. The third-order valence-corrected chi connectivity index (χ3v) is 4.55. The summed E-state index contributed by atoms with van der Waals surface area (Å²) in [5.41, 5.74) is 0.399. The molecule has 0 aliphatic carbocycles. The van der Waals surface area contributed by atoms with Crippen LogP contribution in [0.1, 0.15) is 26.8 Å². The molecule has 0 aliphatic rings. The molecule has 26 heavy (non-hydrogen) atoms.